The van der Waals surface area contributed by atoms with Gasteiger partial charge in [-0.05, 0) is 37.2 Å². The minimum Gasteiger partial charge on any atom is -0.508 e. The predicted octanol–water partition coefficient (Wildman–Crippen LogP) is 2.31. The maximum absolute atomic E-state index is 9.48. The fourth-order valence-electron chi connectivity index (χ4n) is 2.91. The number of hydrogen-bond acceptors (Lipinski definition) is 3. The van der Waals surface area contributed by atoms with Gasteiger partial charge >= 0.3 is 0 Å². The van der Waals surface area contributed by atoms with Crippen molar-refractivity contribution >= 4 is 0 Å². The fraction of sp³-hybridized carbons (Fsp3) is 0.600. The molecule has 18 heavy (non-hydrogen) atoms. The van der Waals surface area contributed by atoms with Gasteiger partial charge in [-0.1, -0.05) is 26.0 Å². The summed E-state index contributed by atoms with van der Waals surface area (Å²) in [5.74, 6) is 0.368. The maximum Gasteiger partial charge on any atom is 0.115 e. The zero-order valence-corrected chi connectivity index (χ0v) is 11.5. The van der Waals surface area contributed by atoms with Gasteiger partial charge in [-0.15, -0.1) is 0 Å². The number of nitrogens with zero attached hydrogens (tertiary/aromatic N) is 2. The Morgan fingerprint density at radius 2 is 2.11 bits per heavy atom. The minimum atomic E-state index is 0.368. The average Bonchev–Trinajstić information content (AvgIpc) is 2.79. The van der Waals surface area contributed by atoms with Crippen LogP contribution in [0.5, 0.6) is 5.75 Å². The maximum atomic E-state index is 9.48. The van der Waals surface area contributed by atoms with Gasteiger partial charge < -0.3 is 5.11 Å². The van der Waals surface area contributed by atoms with Gasteiger partial charge in [0.25, 0.3) is 0 Å². The summed E-state index contributed by atoms with van der Waals surface area (Å²) < 4.78 is 0. The number of phenolic OH excluding ortho intramolecular Hbond substituents is 1. The smallest absolute Gasteiger partial charge is 0.115 e. The monoisotopic (exact) mass is 248 g/mol. The van der Waals surface area contributed by atoms with Gasteiger partial charge in [0.2, 0.25) is 0 Å². The van der Waals surface area contributed by atoms with Crippen LogP contribution in [0.1, 0.15) is 25.8 Å². The lowest BCUT2D eigenvalue weighted by molar-refractivity contribution is 0.209. The SMILES string of the molecule is CCN(CC)C1CCN(Cc2cccc(O)c2)C1. The van der Waals surface area contributed by atoms with E-state index in [0.717, 1.165) is 32.7 Å². The van der Waals surface area contributed by atoms with Crippen molar-refractivity contribution in [2.45, 2.75) is 32.9 Å². The molecular formula is C15H24N2O. The van der Waals surface area contributed by atoms with Gasteiger partial charge in [0.05, 0.1) is 0 Å². The van der Waals surface area contributed by atoms with E-state index in [0.29, 0.717) is 11.8 Å². The highest BCUT2D eigenvalue weighted by Gasteiger charge is 2.25. The zero-order valence-electron chi connectivity index (χ0n) is 11.5. The highest BCUT2D eigenvalue weighted by Crippen LogP contribution is 2.19. The van der Waals surface area contributed by atoms with Crippen LogP contribution in [0.2, 0.25) is 0 Å². The number of phenols is 1. The fourth-order valence-corrected chi connectivity index (χ4v) is 2.91. The second-order valence-corrected chi connectivity index (χ2v) is 5.07. The molecule has 0 aromatic heterocycles. The molecule has 0 spiro atoms. The average molecular weight is 248 g/mol. The van der Waals surface area contributed by atoms with Crippen LogP contribution in [0.15, 0.2) is 24.3 Å². The molecule has 3 nitrogen and oxygen atoms in total. The number of benzene rings is 1. The van der Waals surface area contributed by atoms with Gasteiger partial charge in [-0.2, -0.15) is 0 Å². The number of likely N-dealkylation sites (tertiary alicyclic amines) is 1. The lowest BCUT2D eigenvalue weighted by Crippen LogP contribution is -2.37. The molecular weight excluding hydrogens is 224 g/mol. The first-order valence-corrected chi connectivity index (χ1v) is 6.97. The van der Waals surface area contributed by atoms with E-state index in [2.05, 4.69) is 29.7 Å². The van der Waals surface area contributed by atoms with Crippen molar-refractivity contribution in [2.75, 3.05) is 26.2 Å². The second-order valence-electron chi connectivity index (χ2n) is 5.07. The Bertz CT molecular complexity index is 377. The van der Waals surface area contributed by atoms with E-state index < -0.39 is 0 Å². The second kappa shape index (κ2) is 6.21. The van der Waals surface area contributed by atoms with Crippen LogP contribution in [-0.2, 0) is 6.54 Å². The summed E-state index contributed by atoms with van der Waals surface area (Å²) in [4.78, 5) is 5.03. The van der Waals surface area contributed by atoms with Gasteiger partial charge in [-0.3, -0.25) is 9.80 Å². The summed E-state index contributed by atoms with van der Waals surface area (Å²) in [6.07, 6.45) is 1.26. The first-order chi connectivity index (χ1) is 8.72. The largest absolute Gasteiger partial charge is 0.508 e. The molecule has 0 amide bonds. The van der Waals surface area contributed by atoms with Gasteiger partial charge in [0, 0.05) is 25.7 Å². The van der Waals surface area contributed by atoms with Crippen LogP contribution < -0.4 is 0 Å². The van der Waals surface area contributed by atoms with Crippen molar-refractivity contribution < 1.29 is 5.11 Å². The van der Waals surface area contributed by atoms with Crippen molar-refractivity contribution in [1.29, 1.82) is 0 Å². The first-order valence-electron chi connectivity index (χ1n) is 6.97. The van der Waals surface area contributed by atoms with Gasteiger partial charge in [0.1, 0.15) is 5.75 Å². The highest BCUT2D eigenvalue weighted by atomic mass is 16.3. The lowest BCUT2D eigenvalue weighted by atomic mass is 10.2. The highest BCUT2D eigenvalue weighted by molar-refractivity contribution is 5.27. The topological polar surface area (TPSA) is 26.7 Å². The van der Waals surface area contributed by atoms with Crippen LogP contribution in [0, 0.1) is 0 Å². The zero-order chi connectivity index (χ0) is 13.0. The molecule has 0 radical (unpaired) electrons. The van der Waals surface area contributed by atoms with Gasteiger partial charge in [-0.25, -0.2) is 0 Å². The molecule has 0 saturated carbocycles. The Morgan fingerprint density at radius 1 is 1.33 bits per heavy atom. The number of hydrogen-bond donors (Lipinski definition) is 1. The van der Waals surface area contributed by atoms with Crippen LogP contribution in [-0.4, -0.2) is 47.1 Å². The van der Waals surface area contributed by atoms with E-state index in [-0.39, 0.29) is 0 Å². The molecule has 1 saturated heterocycles. The Kier molecular flexibility index (Phi) is 4.61. The molecule has 1 fully saturated rings. The summed E-state index contributed by atoms with van der Waals surface area (Å²) >= 11 is 0. The molecule has 2 rings (SSSR count). The van der Waals surface area contributed by atoms with Crippen molar-refractivity contribution in [1.82, 2.24) is 9.80 Å². The molecule has 3 heteroatoms. The molecule has 1 N–H and O–H groups in total. The molecule has 1 heterocycles. The van der Waals surface area contributed by atoms with Gasteiger partial charge in [0.15, 0.2) is 0 Å². The standard InChI is InChI=1S/C15H24N2O/c1-3-17(4-2)14-8-9-16(12-14)11-13-6-5-7-15(18)10-13/h5-7,10,14,18H,3-4,8-9,11-12H2,1-2H3. The molecule has 0 bridgehead atoms. The van der Waals surface area contributed by atoms with E-state index >= 15 is 0 Å². The molecule has 0 aliphatic carbocycles. The van der Waals surface area contributed by atoms with Crippen molar-refractivity contribution in [3.8, 4) is 5.75 Å². The third kappa shape index (κ3) is 3.24. The minimum absolute atomic E-state index is 0.368. The van der Waals surface area contributed by atoms with Crippen LogP contribution in [0.25, 0.3) is 0 Å². The lowest BCUT2D eigenvalue weighted by Gasteiger charge is -2.26. The summed E-state index contributed by atoms with van der Waals surface area (Å²) in [5, 5.41) is 9.48. The number of aromatic hydroxyl groups is 1. The summed E-state index contributed by atoms with van der Waals surface area (Å²) in [6, 6.07) is 8.31. The summed E-state index contributed by atoms with van der Waals surface area (Å²) in [7, 11) is 0. The van der Waals surface area contributed by atoms with Crippen molar-refractivity contribution in [3.05, 3.63) is 29.8 Å². The van der Waals surface area contributed by atoms with E-state index in [9.17, 15) is 5.11 Å². The molecule has 1 aliphatic rings. The molecule has 1 aliphatic heterocycles. The van der Waals surface area contributed by atoms with Crippen LogP contribution >= 0.6 is 0 Å². The van der Waals surface area contributed by atoms with E-state index in [4.69, 9.17) is 0 Å². The Morgan fingerprint density at radius 3 is 2.78 bits per heavy atom. The molecule has 1 aromatic rings. The number of likely N-dealkylation sites (N-methyl/N-ethyl adjacent to an activating group) is 1. The molecule has 1 atom stereocenters. The molecule has 100 valence electrons. The quantitative estimate of drug-likeness (QED) is 0.866. The van der Waals surface area contributed by atoms with Crippen LogP contribution in [0.4, 0.5) is 0 Å². The first kappa shape index (κ1) is 13.4. The third-order valence-corrected chi connectivity index (χ3v) is 3.89. The van der Waals surface area contributed by atoms with E-state index in [1.54, 1.807) is 6.07 Å². The van der Waals surface area contributed by atoms with Crippen molar-refractivity contribution in [2.24, 2.45) is 0 Å². The Hall–Kier alpha value is -1.06. The Labute approximate surface area is 110 Å². The molecule has 1 aromatic carbocycles. The van der Waals surface area contributed by atoms with E-state index in [1.165, 1.54) is 12.0 Å². The normalized spacial score (nSPS) is 20.7. The molecule has 1 unspecified atom stereocenters. The summed E-state index contributed by atoms with van der Waals surface area (Å²) in [6.45, 7) is 10.0. The Balaban J connectivity index is 1.89. The summed E-state index contributed by atoms with van der Waals surface area (Å²) in [5.41, 5.74) is 1.20. The van der Waals surface area contributed by atoms with Crippen LogP contribution in [0.3, 0.4) is 0 Å². The van der Waals surface area contributed by atoms with E-state index in [1.807, 2.05) is 12.1 Å². The predicted molar refractivity (Wildman–Crippen MR) is 74.7 cm³/mol. The number of rotatable bonds is 5. The van der Waals surface area contributed by atoms with Crippen molar-refractivity contribution in [3.63, 3.8) is 0 Å². The third-order valence-electron chi connectivity index (χ3n) is 3.89.